The molecule has 4 rings (SSSR count). The van der Waals surface area contributed by atoms with E-state index in [2.05, 4.69) is 39.4 Å². The Morgan fingerprint density at radius 1 is 1.16 bits per heavy atom. The molecule has 25 heavy (non-hydrogen) atoms. The number of morpholine rings is 1. The molecule has 3 fully saturated rings. The third-order valence-corrected chi connectivity index (χ3v) is 5.77. The van der Waals surface area contributed by atoms with Crippen LogP contribution in [0.1, 0.15) is 18.4 Å². The summed E-state index contributed by atoms with van der Waals surface area (Å²) >= 11 is 0. The first kappa shape index (κ1) is 17.3. The number of hydrogen-bond acceptors (Lipinski definition) is 5. The fourth-order valence-electron chi connectivity index (χ4n) is 4.28. The van der Waals surface area contributed by atoms with Crippen LogP contribution in [0.15, 0.2) is 24.3 Å². The van der Waals surface area contributed by atoms with Crippen LogP contribution in [-0.2, 0) is 11.3 Å². The minimum atomic E-state index is 0.664. The van der Waals surface area contributed by atoms with Crippen molar-refractivity contribution in [3.8, 4) is 5.75 Å². The third-order valence-electron chi connectivity index (χ3n) is 5.77. The van der Waals surface area contributed by atoms with Crippen molar-refractivity contribution in [1.82, 2.24) is 15.1 Å². The highest BCUT2D eigenvalue weighted by Crippen LogP contribution is 2.24. The minimum Gasteiger partial charge on any atom is -0.493 e. The van der Waals surface area contributed by atoms with Gasteiger partial charge in [0.15, 0.2) is 0 Å². The van der Waals surface area contributed by atoms with Crippen LogP contribution in [0.2, 0.25) is 0 Å². The van der Waals surface area contributed by atoms with E-state index in [0.29, 0.717) is 5.92 Å². The molecule has 2 atom stereocenters. The van der Waals surface area contributed by atoms with Gasteiger partial charge in [-0.2, -0.15) is 0 Å². The molecule has 0 saturated carbocycles. The van der Waals surface area contributed by atoms with Crippen LogP contribution in [-0.4, -0.2) is 74.9 Å². The summed E-state index contributed by atoms with van der Waals surface area (Å²) in [5, 5.41) is 3.51. The Labute approximate surface area is 151 Å². The lowest BCUT2D eigenvalue weighted by atomic mass is 9.92. The summed E-state index contributed by atoms with van der Waals surface area (Å²) in [5.41, 5.74) is 1.34. The maximum atomic E-state index is 6.17. The topological polar surface area (TPSA) is 37.0 Å². The summed E-state index contributed by atoms with van der Waals surface area (Å²) in [5.74, 6) is 1.69. The molecule has 0 spiro atoms. The molecular weight excluding hydrogens is 314 g/mol. The van der Waals surface area contributed by atoms with Crippen LogP contribution in [0.5, 0.6) is 5.75 Å². The van der Waals surface area contributed by atoms with Crippen molar-refractivity contribution >= 4 is 0 Å². The quantitative estimate of drug-likeness (QED) is 0.877. The number of nitrogens with one attached hydrogen (secondary N) is 1. The summed E-state index contributed by atoms with van der Waals surface area (Å²) in [6.07, 6.45) is 2.59. The standard InChI is InChI=1S/C20H31N3O2/c1-2-17(14-22-8-10-24-11-9-22)12-20(3-1)25-16-18-4-5-19-13-21-6-7-23(19)15-18/h1-3,12,18-19,21H,4-11,13-16H2. The van der Waals surface area contributed by atoms with Crippen molar-refractivity contribution in [2.24, 2.45) is 5.92 Å². The predicted octanol–water partition coefficient (Wildman–Crippen LogP) is 1.58. The van der Waals surface area contributed by atoms with Crippen molar-refractivity contribution in [1.29, 1.82) is 0 Å². The smallest absolute Gasteiger partial charge is 0.119 e. The lowest BCUT2D eigenvalue weighted by Gasteiger charge is -2.42. The van der Waals surface area contributed by atoms with E-state index in [1.54, 1.807) is 0 Å². The van der Waals surface area contributed by atoms with E-state index in [1.807, 2.05) is 0 Å². The van der Waals surface area contributed by atoms with E-state index in [9.17, 15) is 0 Å². The fraction of sp³-hybridized carbons (Fsp3) is 0.700. The first-order valence-corrected chi connectivity index (χ1v) is 9.83. The molecule has 1 N–H and O–H groups in total. The molecule has 5 nitrogen and oxygen atoms in total. The highest BCUT2D eigenvalue weighted by atomic mass is 16.5. The van der Waals surface area contributed by atoms with Gasteiger partial charge in [0.05, 0.1) is 19.8 Å². The number of piperidine rings is 1. The third kappa shape index (κ3) is 4.73. The summed E-state index contributed by atoms with van der Waals surface area (Å²) in [4.78, 5) is 5.11. The van der Waals surface area contributed by atoms with Crippen LogP contribution in [0.3, 0.4) is 0 Å². The highest BCUT2D eigenvalue weighted by molar-refractivity contribution is 5.28. The molecule has 0 aliphatic carbocycles. The molecule has 1 aromatic carbocycles. The second-order valence-corrected chi connectivity index (χ2v) is 7.64. The number of piperazine rings is 1. The van der Waals surface area contributed by atoms with E-state index in [4.69, 9.17) is 9.47 Å². The van der Waals surface area contributed by atoms with Crippen LogP contribution in [0.4, 0.5) is 0 Å². The second kappa shape index (κ2) is 8.49. The predicted molar refractivity (Wildman–Crippen MR) is 99.0 cm³/mol. The zero-order valence-corrected chi connectivity index (χ0v) is 15.2. The average Bonchev–Trinajstić information content (AvgIpc) is 2.67. The Morgan fingerprint density at radius 3 is 3.00 bits per heavy atom. The van der Waals surface area contributed by atoms with Gasteiger partial charge in [-0.3, -0.25) is 9.80 Å². The molecule has 5 heteroatoms. The van der Waals surface area contributed by atoms with Crippen LogP contribution >= 0.6 is 0 Å². The Bertz CT molecular complexity index is 547. The molecule has 3 aliphatic rings. The van der Waals surface area contributed by atoms with E-state index in [0.717, 1.165) is 64.3 Å². The Kier molecular flexibility index (Phi) is 5.87. The molecule has 2 unspecified atom stereocenters. The summed E-state index contributed by atoms with van der Waals surface area (Å²) < 4.78 is 11.6. The van der Waals surface area contributed by atoms with Crippen LogP contribution < -0.4 is 10.1 Å². The molecule has 1 aromatic rings. The van der Waals surface area contributed by atoms with Gasteiger partial charge in [-0.15, -0.1) is 0 Å². The van der Waals surface area contributed by atoms with Gasteiger partial charge in [-0.25, -0.2) is 0 Å². The number of nitrogens with zero attached hydrogens (tertiary/aromatic N) is 2. The van der Waals surface area contributed by atoms with Gasteiger partial charge in [0.1, 0.15) is 5.75 Å². The Balaban J connectivity index is 1.27. The molecule has 0 amide bonds. The fourth-order valence-corrected chi connectivity index (χ4v) is 4.28. The number of hydrogen-bond donors (Lipinski definition) is 1. The molecule has 3 saturated heterocycles. The Morgan fingerprint density at radius 2 is 2.08 bits per heavy atom. The van der Waals surface area contributed by atoms with Crippen molar-refractivity contribution in [3.63, 3.8) is 0 Å². The van der Waals surface area contributed by atoms with Crippen molar-refractivity contribution in [3.05, 3.63) is 29.8 Å². The maximum Gasteiger partial charge on any atom is 0.119 e. The molecule has 0 aromatic heterocycles. The number of ether oxygens (including phenoxy) is 2. The van der Waals surface area contributed by atoms with Gasteiger partial charge in [-0.05, 0) is 30.5 Å². The minimum absolute atomic E-state index is 0.664. The molecule has 0 radical (unpaired) electrons. The number of fused-ring (bicyclic) bond motifs is 1. The molecular formula is C20H31N3O2. The van der Waals surface area contributed by atoms with Gasteiger partial charge in [0.2, 0.25) is 0 Å². The summed E-state index contributed by atoms with van der Waals surface area (Å²) in [7, 11) is 0. The van der Waals surface area contributed by atoms with Crippen molar-refractivity contribution in [2.45, 2.75) is 25.4 Å². The average molecular weight is 345 g/mol. The lowest BCUT2D eigenvalue weighted by molar-refractivity contribution is 0.0341. The molecule has 138 valence electrons. The molecule has 3 aliphatic heterocycles. The zero-order valence-electron chi connectivity index (χ0n) is 15.2. The van der Waals surface area contributed by atoms with E-state index >= 15 is 0 Å². The molecule has 3 heterocycles. The first-order chi connectivity index (χ1) is 12.4. The van der Waals surface area contributed by atoms with Gasteiger partial charge in [0, 0.05) is 57.8 Å². The van der Waals surface area contributed by atoms with E-state index in [-0.39, 0.29) is 0 Å². The highest BCUT2D eigenvalue weighted by Gasteiger charge is 2.30. The van der Waals surface area contributed by atoms with Gasteiger partial charge in [-0.1, -0.05) is 12.1 Å². The summed E-state index contributed by atoms with van der Waals surface area (Å²) in [6, 6.07) is 9.39. The van der Waals surface area contributed by atoms with E-state index in [1.165, 1.54) is 31.5 Å². The SMILES string of the molecule is c1cc(CN2CCOCC2)cc(OCC2CCC3CNCCN3C2)c1. The van der Waals surface area contributed by atoms with E-state index < -0.39 is 0 Å². The lowest BCUT2D eigenvalue weighted by Crippen LogP contribution is -2.55. The first-order valence-electron chi connectivity index (χ1n) is 9.83. The van der Waals surface area contributed by atoms with Gasteiger partial charge in [0.25, 0.3) is 0 Å². The molecule has 0 bridgehead atoms. The normalized spacial score (nSPS) is 28.5. The summed E-state index contributed by atoms with van der Waals surface area (Å²) in [6.45, 7) is 10.3. The van der Waals surface area contributed by atoms with Crippen LogP contribution in [0, 0.1) is 5.92 Å². The maximum absolute atomic E-state index is 6.17. The number of benzene rings is 1. The largest absolute Gasteiger partial charge is 0.493 e. The monoisotopic (exact) mass is 345 g/mol. The van der Waals surface area contributed by atoms with Crippen molar-refractivity contribution in [2.75, 3.05) is 59.1 Å². The van der Waals surface area contributed by atoms with Gasteiger partial charge < -0.3 is 14.8 Å². The zero-order chi connectivity index (χ0) is 16.9. The number of rotatable bonds is 5. The Hall–Kier alpha value is -1.14. The second-order valence-electron chi connectivity index (χ2n) is 7.64. The van der Waals surface area contributed by atoms with Gasteiger partial charge >= 0.3 is 0 Å². The van der Waals surface area contributed by atoms with Crippen LogP contribution in [0.25, 0.3) is 0 Å². The van der Waals surface area contributed by atoms with Crippen molar-refractivity contribution < 1.29 is 9.47 Å².